The van der Waals surface area contributed by atoms with Crippen molar-refractivity contribution < 1.29 is 9.26 Å². The average molecular weight is 251 g/mol. The summed E-state index contributed by atoms with van der Waals surface area (Å²) in [6.45, 7) is 0. The number of ether oxygens (including phenoxy) is 1. The molecule has 0 amide bonds. The first-order valence-electron chi connectivity index (χ1n) is 6.03. The van der Waals surface area contributed by atoms with Gasteiger partial charge in [0.25, 0.3) is 0 Å². The second-order valence-corrected chi connectivity index (χ2v) is 4.17. The zero-order valence-corrected chi connectivity index (χ0v) is 10.5. The maximum Gasteiger partial charge on any atom is 0.167 e. The highest BCUT2D eigenvalue weighted by Gasteiger charge is 2.08. The zero-order chi connectivity index (χ0) is 13.1. The SMILES string of the molecule is COc1cccc(-c2cc(-c3ccccc3)on2)c1. The quantitative estimate of drug-likeness (QED) is 0.705. The monoisotopic (exact) mass is 251 g/mol. The molecule has 3 aromatic rings. The third kappa shape index (κ3) is 2.36. The first-order valence-corrected chi connectivity index (χ1v) is 6.03. The maximum absolute atomic E-state index is 5.39. The first kappa shape index (κ1) is 11.5. The molecule has 3 nitrogen and oxygen atoms in total. The Kier molecular flexibility index (Phi) is 3.02. The second kappa shape index (κ2) is 4.98. The molecule has 0 saturated heterocycles. The van der Waals surface area contributed by atoms with Crippen LogP contribution in [0.1, 0.15) is 0 Å². The number of nitrogens with zero attached hydrogens (tertiary/aromatic N) is 1. The van der Waals surface area contributed by atoms with Gasteiger partial charge in [-0.3, -0.25) is 0 Å². The number of aromatic nitrogens is 1. The number of methoxy groups -OCH3 is 1. The summed E-state index contributed by atoms with van der Waals surface area (Å²) in [4.78, 5) is 0. The van der Waals surface area contributed by atoms with Crippen LogP contribution in [0.15, 0.2) is 65.2 Å². The molecule has 0 aliphatic carbocycles. The van der Waals surface area contributed by atoms with Gasteiger partial charge in [0.05, 0.1) is 7.11 Å². The van der Waals surface area contributed by atoms with Crippen molar-refractivity contribution in [1.29, 1.82) is 0 Å². The van der Waals surface area contributed by atoms with Gasteiger partial charge in [0, 0.05) is 17.2 Å². The molecule has 19 heavy (non-hydrogen) atoms. The number of benzene rings is 2. The van der Waals surface area contributed by atoms with Crippen LogP contribution in [0.3, 0.4) is 0 Å². The summed E-state index contributed by atoms with van der Waals surface area (Å²) >= 11 is 0. The fourth-order valence-corrected chi connectivity index (χ4v) is 1.93. The van der Waals surface area contributed by atoms with E-state index in [1.54, 1.807) is 7.11 Å². The van der Waals surface area contributed by atoms with E-state index in [0.717, 1.165) is 28.3 Å². The predicted octanol–water partition coefficient (Wildman–Crippen LogP) is 4.02. The van der Waals surface area contributed by atoms with Crippen LogP contribution >= 0.6 is 0 Å². The van der Waals surface area contributed by atoms with E-state index in [2.05, 4.69) is 5.16 Å². The Balaban J connectivity index is 1.97. The molecule has 0 N–H and O–H groups in total. The molecule has 0 aliphatic rings. The van der Waals surface area contributed by atoms with Crippen LogP contribution in [-0.4, -0.2) is 12.3 Å². The molecule has 0 radical (unpaired) electrons. The van der Waals surface area contributed by atoms with Crippen molar-refractivity contribution in [2.45, 2.75) is 0 Å². The summed E-state index contributed by atoms with van der Waals surface area (Å²) in [6.07, 6.45) is 0. The lowest BCUT2D eigenvalue weighted by Crippen LogP contribution is -1.83. The van der Waals surface area contributed by atoms with E-state index in [-0.39, 0.29) is 0 Å². The second-order valence-electron chi connectivity index (χ2n) is 4.17. The van der Waals surface area contributed by atoms with Crippen LogP contribution in [0.4, 0.5) is 0 Å². The summed E-state index contributed by atoms with van der Waals surface area (Å²) < 4.78 is 10.6. The highest BCUT2D eigenvalue weighted by Crippen LogP contribution is 2.27. The van der Waals surface area contributed by atoms with Gasteiger partial charge in [0.15, 0.2) is 5.76 Å². The van der Waals surface area contributed by atoms with E-state index < -0.39 is 0 Å². The standard InChI is InChI=1S/C16H13NO2/c1-18-14-9-5-8-13(10-14)15-11-16(19-17-15)12-6-3-2-4-7-12/h2-11H,1H3. The van der Waals surface area contributed by atoms with Crippen molar-refractivity contribution in [3.63, 3.8) is 0 Å². The molecule has 0 unspecified atom stereocenters. The molecule has 1 heterocycles. The van der Waals surface area contributed by atoms with Gasteiger partial charge in [-0.25, -0.2) is 0 Å². The van der Waals surface area contributed by atoms with Crippen LogP contribution in [0.5, 0.6) is 5.75 Å². The van der Waals surface area contributed by atoms with E-state index >= 15 is 0 Å². The average Bonchev–Trinajstić information content (AvgIpc) is 2.98. The first-order chi connectivity index (χ1) is 9.36. The molecule has 0 atom stereocenters. The van der Waals surface area contributed by atoms with Crippen molar-refractivity contribution in [1.82, 2.24) is 5.16 Å². The lowest BCUT2D eigenvalue weighted by atomic mass is 10.1. The van der Waals surface area contributed by atoms with Crippen molar-refractivity contribution in [3.05, 3.63) is 60.7 Å². The summed E-state index contributed by atoms with van der Waals surface area (Å²) in [5.41, 5.74) is 2.80. The maximum atomic E-state index is 5.39. The summed E-state index contributed by atoms with van der Waals surface area (Å²) in [6, 6.07) is 19.6. The Morgan fingerprint density at radius 1 is 0.895 bits per heavy atom. The van der Waals surface area contributed by atoms with Crippen molar-refractivity contribution in [2.24, 2.45) is 0 Å². The summed E-state index contributed by atoms with van der Waals surface area (Å²) in [5, 5.41) is 4.11. The largest absolute Gasteiger partial charge is 0.497 e. The van der Waals surface area contributed by atoms with Gasteiger partial charge in [-0.15, -0.1) is 0 Å². The predicted molar refractivity (Wildman–Crippen MR) is 73.9 cm³/mol. The fourth-order valence-electron chi connectivity index (χ4n) is 1.93. The van der Waals surface area contributed by atoms with Crippen molar-refractivity contribution in [3.8, 4) is 28.3 Å². The van der Waals surface area contributed by atoms with E-state index in [9.17, 15) is 0 Å². The molecule has 1 aromatic heterocycles. The Labute approximate surface area is 111 Å². The molecular formula is C16H13NO2. The number of hydrogen-bond donors (Lipinski definition) is 0. The minimum atomic E-state index is 0.762. The van der Waals surface area contributed by atoms with Crippen molar-refractivity contribution >= 4 is 0 Å². The zero-order valence-electron chi connectivity index (χ0n) is 10.5. The van der Waals surface area contributed by atoms with Crippen LogP contribution in [0, 0.1) is 0 Å². The molecule has 3 rings (SSSR count). The van der Waals surface area contributed by atoms with Crippen LogP contribution in [0.25, 0.3) is 22.6 Å². The van der Waals surface area contributed by atoms with E-state index in [1.165, 1.54) is 0 Å². The smallest absolute Gasteiger partial charge is 0.167 e. The molecule has 0 aliphatic heterocycles. The Morgan fingerprint density at radius 3 is 2.47 bits per heavy atom. The van der Waals surface area contributed by atoms with Gasteiger partial charge in [-0.05, 0) is 12.1 Å². The molecule has 0 bridgehead atoms. The Bertz CT molecular complexity index is 674. The van der Waals surface area contributed by atoms with Gasteiger partial charge < -0.3 is 9.26 Å². The normalized spacial score (nSPS) is 10.4. The van der Waals surface area contributed by atoms with Crippen LogP contribution in [-0.2, 0) is 0 Å². The molecule has 0 saturated carbocycles. The van der Waals surface area contributed by atoms with Crippen molar-refractivity contribution in [2.75, 3.05) is 7.11 Å². The van der Waals surface area contributed by atoms with Crippen LogP contribution < -0.4 is 4.74 Å². The minimum Gasteiger partial charge on any atom is -0.497 e. The van der Waals surface area contributed by atoms with Gasteiger partial charge in [0.1, 0.15) is 11.4 Å². The molecule has 0 spiro atoms. The third-order valence-electron chi connectivity index (χ3n) is 2.93. The van der Waals surface area contributed by atoms with Gasteiger partial charge in [-0.1, -0.05) is 47.6 Å². The van der Waals surface area contributed by atoms with Gasteiger partial charge in [0.2, 0.25) is 0 Å². The topological polar surface area (TPSA) is 35.3 Å². The highest BCUT2D eigenvalue weighted by molar-refractivity contribution is 5.67. The molecule has 94 valence electrons. The molecular weight excluding hydrogens is 238 g/mol. The van der Waals surface area contributed by atoms with E-state index in [0.29, 0.717) is 0 Å². The number of rotatable bonds is 3. The fraction of sp³-hybridized carbons (Fsp3) is 0.0625. The Morgan fingerprint density at radius 2 is 1.68 bits per heavy atom. The number of hydrogen-bond acceptors (Lipinski definition) is 3. The summed E-state index contributed by atoms with van der Waals surface area (Å²) in [7, 11) is 1.65. The highest BCUT2D eigenvalue weighted by atomic mass is 16.5. The van der Waals surface area contributed by atoms with E-state index in [1.807, 2.05) is 60.7 Å². The van der Waals surface area contributed by atoms with E-state index in [4.69, 9.17) is 9.26 Å². The summed E-state index contributed by atoms with van der Waals surface area (Å²) in [5.74, 6) is 1.57. The lowest BCUT2D eigenvalue weighted by Gasteiger charge is -2.00. The molecule has 2 aromatic carbocycles. The minimum absolute atomic E-state index is 0.762. The lowest BCUT2D eigenvalue weighted by molar-refractivity contribution is 0.414. The molecule has 0 fully saturated rings. The van der Waals surface area contributed by atoms with Crippen LogP contribution in [0.2, 0.25) is 0 Å². The third-order valence-corrected chi connectivity index (χ3v) is 2.93. The van der Waals surface area contributed by atoms with Gasteiger partial charge in [-0.2, -0.15) is 0 Å². The van der Waals surface area contributed by atoms with Gasteiger partial charge >= 0.3 is 0 Å². The molecule has 3 heteroatoms. The Hall–Kier alpha value is -2.55.